The molecule has 0 unspecified atom stereocenters. The molecule has 132 valence electrons. The maximum atomic E-state index is 12.6. The van der Waals surface area contributed by atoms with E-state index in [4.69, 9.17) is 4.74 Å². The molecule has 1 saturated heterocycles. The number of imide groups is 1. The van der Waals surface area contributed by atoms with Crippen molar-refractivity contribution in [2.24, 2.45) is 0 Å². The van der Waals surface area contributed by atoms with Crippen LogP contribution < -0.4 is 10.1 Å². The van der Waals surface area contributed by atoms with Gasteiger partial charge in [0, 0.05) is 46.6 Å². The van der Waals surface area contributed by atoms with Crippen LogP contribution in [0.1, 0.15) is 26.3 Å². The summed E-state index contributed by atoms with van der Waals surface area (Å²) in [6.45, 7) is 2.80. The van der Waals surface area contributed by atoms with Crippen LogP contribution in [0.3, 0.4) is 0 Å². The SMILES string of the molecule is O=[NH+]c1ccc(N2CCOCC2)c(CN2C(=O)c3ccccc3C2=O)c1. The van der Waals surface area contributed by atoms with Gasteiger partial charge in [-0.3, -0.25) is 14.5 Å². The standard InChI is InChI=1S/C19H17N3O4/c23-18-15-3-1-2-4-16(15)19(24)22(18)12-13-11-14(20-25)5-6-17(13)21-7-9-26-10-8-21/h1-6,11H,7-10,12H2/p+1. The Kier molecular flexibility index (Phi) is 4.22. The lowest BCUT2D eigenvalue weighted by atomic mass is 10.1. The Morgan fingerprint density at radius 3 is 2.23 bits per heavy atom. The molecule has 1 fully saturated rings. The van der Waals surface area contributed by atoms with Gasteiger partial charge in [0.25, 0.3) is 17.5 Å². The maximum Gasteiger partial charge on any atom is 0.261 e. The Hall–Kier alpha value is -3.06. The molecule has 4 rings (SSSR count). The number of hydrogen-bond donors (Lipinski definition) is 1. The Balaban J connectivity index is 1.68. The van der Waals surface area contributed by atoms with Crippen molar-refractivity contribution in [3.63, 3.8) is 0 Å². The number of anilines is 1. The van der Waals surface area contributed by atoms with Crippen LogP contribution in [0.4, 0.5) is 11.4 Å². The molecule has 0 aliphatic carbocycles. The molecule has 26 heavy (non-hydrogen) atoms. The van der Waals surface area contributed by atoms with Crippen molar-refractivity contribution in [1.29, 1.82) is 0 Å². The highest BCUT2D eigenvalue weighted by Crippen LogP contribution is 2.29. The van der Waals surface area contributed by atoms with Gasteiger partial charge in [-0.2, -0.15) is 0 Å². The zero-order valence-electron chi connectivity index (χ0n) is 14.1. The number of carbonyl (C=O) groups is 2. The van der Waals surface area contributed by atoms with Gasteiger partial charge >= 0.3 is 0 Å². The topological polar surface area (TPSA) is 80.9 Å². The lowest BCUT2D eigenvalue weighted by molar-refractivity contribution is -0.379. The van der Waals surface area contributed by atoms with E-state index in [1.54, 1.807) is 36.4 Å². The molecule has 0 spiro atoms. The molecule has 0 bridgehead atoms. The van der Waals surface area contributed by atoms with Crippen LogP contribution in [0, 0.1) is 4.91 Å². The Bertz CT molecular complexity index is 855. The van der Waals surface area contributed by atoms with Gasteiger partial charge in [0.1, 0.15) is 0 Å². The van der Waals surface area contributed by atoms with Crippen LogP contribution in [-0.2, 0) is 11.3 Å². The van der Waals surface area contributed by atoms with Crippen LogP contribution in [-0.4, -0.2) is 43.0 Å². The molecule has 0 saturated carbocycles. The highest BCUT2D eigenvalue weighted by molar-refractivity contribution is 6.21. The van der Waals surface area contributed by atoms with Gasteiger partial charge in [-0.15, -0.1) is 0 Å². The second-order valence-corrected chi connectivity index (χ2v) is 6.29. The minimum atomic E-state index is -0.306. The number of hydrogen-bond acceptors (Lipinski definition) is 5. The molecule has 2 aromatic rings. The summed E-state index contributed by atoms with van der Waals surface area (Å²) in [6.07, 6.45) is 0. The molecule has 0 aromatic heterocycles. The fourth-order valence-corrected chi connectivity index (χ4v) is 3.44. The number of nitrogens with zero attached hydrogens (tertiary/aromatic N) is 2. The molecular formula is C19H18N3O4+. The Labute approximate surface area is 150 Å². The first kappa shape index (κ1) is 16.4. The predicted molar refractivity (Wildman–Crippen MR) is 94.1 cm³/mol. The highest BCUT2D eigenvalue weighted by atomic mass is 16.5. The molecule has 2 amide bonds. The fraction of sp³-hybridized carbons (Fsp3) is 0.263. The van der Waals surface area contributed by atoms with Gasteiger partial charge < -0.3 is 9.64 Å². The molecule has 2 heterocycles. The lowest BCUT2D eigenvalue weighted by Gasteiger charge is -2.31. The third-order valence-electron chi connectivity index (χ3n) is 4.76. The van der Waals surface area contributed by atoms with E-state index in [1.165, 1.54) is 4.90 Å². The van der Waals surface area contributed by atoms with Crippen molar-refractivity contribution in [3.8, 4) is 0 Å². The molecular weight excluding hydrogens is 334 g/mol. The molecule has 2 aromatic carbocycles. The number of benzene rings is 2. The minimum Gasteiger partial charge on any atom is -0.378 e. The third kappa shape index (κ3) is 2.76. The third-order valence-corrected chi connectivity index (χ3v) is 4.76. The van der Waals surface area contributed by atoms with Gasteiger partial charge in [0.05, 0.1) is 30.9 Å². The van der Waals surface area contributed by atoms with E-state index in [-0.39, 0.29) is 18.4 Å². The first-order chi connectivity index (χ1) is 12.7. The second-order valence-electron chi connectivity index (χ2n) is 6.29. The largest absolute Gasteiger partial charge is 0.378 e. The van der Waals surface area contributed by atoms with Crippen molar-refractivity contribution < 1.29 is 19.5 Å². The van der Waals surface area contributed by atoms with E-state index in [9.17, 15) is 14.5 Å². The number of nitrogens with one attached hydrogen (secondary N) is 1. The van der Waals surface area contributed by atoms with Gasteiger partial charge in [0.15, 0.2) is 0 Å². The van der Waals surface area contributed by atoms with Crippen molar-refractivity contribution >= 4 is 23.2 Å². The molecule has 1 N–H and O–H groups in total. The summed E-state index contributed by atoms with van der Waals surface area (Å²) in [5, 5.41) is 1.88. The average molecular weight is 352 g/mol. The predicted octanol–water partition coefficient (Wildman–Crippen LogP) is 0.798. The minimum absolute atomic E-state index is 0.120. The van der Waals surface area contributed by atoms with Crippen LogP contribution >= 0.6 is 0 Å². The van der Waals surface area contributed by atoms with Crippen molar-refractivity contribution in [3.05, 3.63) is 64.1 Å². The quantitative estimate of drug-likeness (QED) is 0.823. The van der Waals surface area contributed by atoms with E-state index >= 15 is 0 Å². The zero-order valence-corrected chi connectivity index (χ0v) is 14.1. The monoisotopic (exact) mass is 352 g/mol. The first-order valence-corrected chi connectivity index (χ1v) is 8.48. The lowest BCUT2D eigenvalue weighted by Crippen LogP contribution is -2.55. The van der Waals surface area contributed by atoms with Gasteiger partial charge in [-0.05, 0) is 18.2 Å². The summed E-state index contributed by atoms with van der Waals surface area (Å²) in [4.78, 5) is 39.8. The normalized spacial score (nSPS) is 16.8. The smallest absolute Gasteiger partial charge is 0.261 e. The van der Waals surface area contributed by atoms with Crippen LogP contribution in [0.2, 0.25) is 0 Å². The molecule has 7 nitrogen and oxygen atoms in total. The number of amides is 2. The summed E-state index contributed by atoms with van der Waals surface area (Å²) in [5.74, 6) is -0.613. The molecule has 7 heteroatoms. The number of nitroso groups, excluding NO2 is 1. The molecule has 2 aliphatic rings. The Morgan fingerprint density at radius 1 is 0.962 bits per heavy atom. The number of ether oxygens (including phenoxy) is 1. The second kappa shape index (κ2) is 6.68. The van der Waals surface area contributed by atoms with Crippen molar-refractivity contribution in [2.45, 2.75) is 6.54 Å². The van der Waals surface area contributed by atoms with Gasteiger partial charge in [-0.25, -0.2) is 0 Å². The fourth-order valence-electron chi connectivity index (χ4n) is 3.44. The summed E-state index contributed by atoms with van der Waals surface area (Å²) >= 11 is 0. The van der Waals surface area contributed by atoms with E-state index < -0.39 is 0 Å². The summed E-state index contributed by atoms with van der Waals surface area (Å²) < 4.78 is 5.39. The van der Waals surface area contributed by atoms with E-state index in [2.05, 4.69) is 4.90 Å². The first-order valence-electron chi connectivity index (χ1n) is 8.48. The van der Waals surface area contributed by atoms with E-state index in [0.717, 1.165) is 24.3 Å². The van der Waals surface area contributed by atoms with Crippen LogP contribution in [0.15, 0.2) is 42.5 Å². The highest BCUT2D eigenvalue weighted by Gasteiger charge is 2.35. The van der Waals surface area contributed by atoms with Crippen LogP contribution in [0.5, 0.6) is 0 Å². The number of carbonyl (C=O) groups excluding carboxylic acids is 2. The zero-order chi connectivity index (χ0) is 18.1. The van der Waals surface area contributed by atoms with Crippen LogP contribution in [0.25, 0.3) is 0 Å². The van der Waals surface area contributed by atoms with Gasteiger partial charge in [-0.1, -0.05) is 12.1 Å². The van der Waals surface area contributed by atoms with Crippen molar-refractivity contribution in [2.75, 3.05) is 31.2 Å². The van der Waals surface area contributed by atoms with Crippen molar-refractivity contribution in [1.82, 2.24) is 4.90 Å². The molecule has 0 radical (unpaired) electrons. The average Bonchev–Trinajstić information content (AvgIpc) is 2.94. The number of morpholine rings is 1. The molecule has 2 aliphatic heterocycles. The maximum absolute atomic E-state index is 12.6. The molecule has 0 atom stereocenters. The van der Waals surface area contributed by atoms with Gasteiger partial charge in [0.2, 0.25) is 0 Å². The number of fused-ring (bicyclic) bond motifs is 1. The summed E-state index contributed by atoms with van der Waals surface area (Å²) in [7, 11) is 0. The summed E-state index contributed by atoms with van der Waals surface area (Å²) in [6, 6.07) is 12.1. The summed E-state index contributed by atoms with van der Waals surface area (Å²) in [5.41, 5.74) is 2.90. The van der Waals surface area contributed by atoms with E-state index in [1.807, 2.05) is 11.2 Å². The van der Waals surface area contributed by atoms with E-state index in [0.29, 0.717) is 30.0 Å². The number of rotatable bonds is 4. The Morgan fingerprint density at radius 2 is 1.62 bits per heavy atom.